The van der Waals surface area contributed by atoms with Crippen LogP contribution in [0.25, 0.3) is 0 Å². The highest BCUT2D eigenvalue weighted by Crippen LogP contribution is 2.25. The van der Waals surface area contributed by atoms with E-state index in [1.54, 1.807) is 20.8 Å². The van der Waals surface area contributed by atoms with Crippen molar-refractivity contribution >= 4 is 0 Å². The minimum atomic E-state index is -1.39. The molecular formula is C10H20O6. The van der Waals surface area contributed by atoms with Crippen molar-refractivity contribution in [2.75, 3.05) is 6.61 Å². The molecule has 1 aliphatic rings. The Morgan fingerprint density at radius 2 is 1.62 bits per heavy atom. The van der Waals surface area contributed by atoms with E-state index < -0.39 is 42.9 Å². The molecule has 16 heavy (non-hydrogen) atoms. The van der Waals surface area contributed by atoms with Gasteiger partial charge in [0.25, 0.3) is 0 Å². The molecule has 6 heteroatoms. The van der Waals surface area contributed by atoms with E-state index in [0.717, 1.165) is 0 Å². The van der Waals surface area contributed by atoms with Crippen LogP contribution in [0.2, 0.25) is 0 Å². The average Bonchev–Trinajstić information content (AvgIpc) is 2.17. The van der Waals surface area contributed by atoms with E-state index >= 15 is 0 Å². The summed E-state index contributed by atoms with van der Waals surface area (Å²) in [5, 5.41) is 37.6. The van der Waals surface area contributed by atoms with Crippen LogP contribution in [0, 0.1) is 0 Å². The summed E-state index contributed by atoms with van der Waals surface area (Å²) in [6.45, 7) is 4.87. The zero-order valence-corrected chi connectivity index (χ0v) is 9.70. The highest BCUT2D eigenvalue weighted by Gasteiger charge is 2.45. The van der Waals surface area contributed by atoms with Crippen molar-refractivity contribution in [2.24, 2.45) is 0 Å². The Hall–Kier alpha value is -0.240. The molecule has 0 bridgehead atoms. The average molecular weight is 236 g/mol. The first-order valence-corrected chi connectivity index (χ1v) is 5.24. The second-order valence-electron chi connectivity index (χ2n) is 4.93. The molecule has 0 aromatic carbocycles. The van der Waals surface area contributed by atoms with Gasteiger partial charge < -0.3 is 29.9 Å². The van der Waals surface area contributed by atoms with Gasteiger partial charge in [-0.05, 0) is 20.8 Å². The molecule has 0 aromatic rings. The van der Waals surface area contributed by atoms with E-state index in [-0.39, 0.29) is 0 Å². The fourth-order valence-corrected chi connectivity index (χ4v) is 1.51. The summed E-state index contributed by atoms with van der Waals surface area (Å²) in [6.07, 6.45) is -6.06. The Balaban J connectivity index is 2.71. The summed E-state index contributed by atoms with van der Waals surface area (Å²) >= 11 is 0. The number of hydrogen-bond donors (Lipinski definition) is 4. The standard InChI is InChI=1S/C10H20O6/c1-10(2,3)16-9-8(14)7(13)6(12)5(4-11)15-9/h5-9,11-14H,4H2,1-3H3/t5?,6-,7?,8-,9-/m1/s1. The monoisotopic (exact) mass is 236 g/mol. The fourth-order valence-electron chi connectivity index (χ4n) is 1.51. The molecule has 4 N–H and O–H groups in total. The van der Waals surface area contributed by atoms with Crippen molar-refractivity contribution in [3.8, 4) is 0 Å². The first-order valence-electron chi connectivity index (χ1n) is 5.24. The third-order valence-electron chi connectivity index (χ3n) is 2.32. The maximum absolute atomic E-state index is 9.64. The molecule has 0 aliphatic carbocycles. The van der Waals surface area contributed by atoms with Gasteiger partial charge in [-0.3, -0.25) is 0 Å². The zero-order valence-electron chi connectivity index (χ0n) is 9.70. The second-order valence-corrected chi connectivity index (χ2v) is 4.93. The Morgan fingerprint density at radius 3 is 2.06 bits per heavy atom. The molecule has 0 spiro atoms. The Bertz CT molecular complexity index is 224. The number of aliphatic hydroxyl groups excluding tert-OH is 4. The molecule has 1 fully saturated rings. The van der Waals surface area contributed by atoms with Gasteiger partial charge in [-0.1, -0.05) is 0 Å². The minimum absolute atomic E-state index is 0.449. The molecule has 1 saturated heterocycles. The summed E-state index contributed by atoms with van der Waals surface area (Å²) in [5.41, 5.74) is -0.562. The topological polar surface area (TPSA) is 99.4 Å². The molecule has 2 unspecified atom stereocenters. The molecule has 0 amide bonds. The van der Waals surface area contributed by atoms with Crippen molar-refractivity contribution < 1.29 is 29.9 Å². The van der Waals surface area contributed by atoms with E-state index in [0.29, 0.717) is 0 Å². The van der Waals surface area contributed by atoms with E-state index in [4.69, 9.17) is 14.6 Å². The molecule has 6 nitrogen and oxygen atoms in total. The van der Waals surface area contributed by atoms with Crippen molar-refractivity contribution in [1.82, 2.24) is 0 Å². The van der Waals surface area contributed by atoms with Crippen molar-refractivity contribution in [1.29, 1.82) is 0 Å². The third-order valence-corrected chi connectivity index (χ3v) is 2.32. The van der Waals surface area contributed by atoms with Crippen molar-refractivity contribution in [3.63, 3.8) is 0 Å². The van der Waals surface area contributed by atoms with Crippen LogP contribution in [0.15, 0.2) is 0 Å². The van der Waals surface area contributed by atoms with Gasteiger partial charge in [0.05, 0.1) is 12.2 Å². The zero-order chi connectivity index (χ0) is 12.5. The first kappa shape index (κ1) is 13.8. The van der Waals surface area contributed by atoms with Crippen LogP contribution in [-0.2, 0) is 9.47 Å². The van der Waals surface area contributed by atoms with Gasteiger partial charge >= 0.3 is 0 Å². The lowest BCUT2D eigenvalue weighted by atomic mass is 9.99. The molecule has 0 aromatic heterocycles. The van der Waals surface area contributed by atoms with E-state index in [9.17, 15) is 15.3 Å². The van der Waals surface area contributed by atoms with Crippen LogP contribution in [0.4, 0.5) is 0 Å². The summed E-state index contributed by atoms with van der Waals surface area (Å²) in [7, 11) is 0. The maximum Gasteiger partial charge on any atom is 0.187 e. The van der Waals surface area contributed by atoms with E-state index in [2.05, 4.69) is 0 Å². The molecule has 1 rings (SSSR count). The normalized spacial score (nSPS) is 41.1. The van der Waals surface area contributed by atoms with E-state index in [1.165, 1.54) is 0 Å². The van der Waals surface area contributed by atoms with Crippen LogP contribution >= 0.6 is 0 Å². The van der Waals surface area contributed by atoms with Gasteiger partial charge in [0.2, 0.25) is 0 Å². The van der Waals surface area contributed by atoms with Gasteiger partial charge in [-0.15, -0.1) is 0 Å². The minimum Gasteiger partial charge on any atom is -0.394 e. The van der Waals surface area contributed by atoms with E-state index in [1.807, 2.05) is 0 Å². The van der Waals surface area contributed by atoms with Gasteiger partial charge in [0.15, 0.2) is 6.29 Å². The number of ether oxygens (including phenoxy) is 2. The Labute approximate surface area is 94.4 Å². The lowest BCUT2D eigenvalue weighted by molar-refractivity contribution is -0.320. The number of aliphatic hydroxyl groups is 4. The smallest absolute Gasteiger partial charge is 0.187 e. The van der Waals surface area contributed by atoms with Gasteiger partial charge in [0.1, 0.15) is 24.4 Å². The molecule has 0 saturated carbocycles. The summed E-state index contributed by atoms with van der Waals surface area (Å²) in [5.74, 6) is 0. The van der Waals surface area contributed by atoms with Gasteiger partial charge in [-0.25, -0.2) is 0 Å². The Kier molecular flexibility index (Phi) is 4.28. The highest BCUT2D eigenvalue weighted by atomic mass is 16.7. The third kappa shape index (κ3) is 3.13. The predicted octanol–water partition coefficient (Wildman–Crippen LogP) is -1.40. The van der Waals surface area contributed by atoms with Crippen LogP contribution in [-0.4, -0.2) is 63.3 Å². The number of rotatable bonds is 2. The van der Waals surface area contributed by atoms with Crippen molar-refractivity contribution in [2.45, 2.75) is 57.1 Å². The van der Waals surface area contributed by atoms with Crippen LogP contribution in [0.1, 0.15) is 20.8 Å². The number of hydrogen-bond acceptors (Lipinski definition) is 6. The second kappa shape index (κ2) is 4.95. The van der Waals surface area contributed by atoms with Crippen molar-refractivity contribution in [3.05, 3.63) is 0 Å². The quantitative estimate of drug-likeness (QED) is 0.471. The van der Waals surface area contributed by atoms with Gasteiger partial charge in [-0.2, -0.15) is 0 Å². The summed E-state index contributed by atoms with van der Waals surface area (Å²) in [6, 6.07) is 0. The summed E-state index contributed by atoms with van der Waals surface area (Å²) in [4.78, 5) is 0. The lowest BCUT2D eigenvalue weighted by Gasteiger charge is -2.41. The Morgan fingerprint density at radius 1 is 1.06 bits per heavy atom. The molecule has 96 valence electrons. The van der Waals surface area contributed by atoms with Gasteiger partial charge in [0, 0.05) is 0 Å². The predicted molar refractivity (Wildman–Crippen MR) is 54.6 cm³/mol. The molecule has 0 radical (unpaired) electrons. The largest absolute Gasteiger partial charge is 0.394 e. The van der Waals surface area contributed by atoms with Crippen LogP contribution in [0.3, 0.4) is 0 Å². The molecule has 1 aliphatic heterocycles. The van der Waals surface area contributed by atoms with Crippen LogP contribution < -0.4 is 0 Å². The molecular weight excluding hydrogens is 216 g/mol. The first-order chi connectivity index (χ1) is 7.26. The molecule has 5 atom stereocenters. The highest BCUT2D eigenvalue weighted by molar-refractivity contribution is 4.89. The molecule has 1 heterocycles. The lowest BCUT2D eigenvalue weighted by Crippen LogP contribution is -2.60. The summed E-state index contributed by atoms with van der Waals surface area (Å²) < 4.78 is 10.6. The van der Waals surface area contributed by atoms with Crippen LogP contribution in [0.5, 0.6) is 0 Å². The SMILES string of the molecule is CC(C)(C)O[C@H]1OC(CO)[C@@H](O)C(O)[C@H]1O. The fraction of sp³-hybridized carbons (Fsp3) is 1.00. The maximum atomic E-state index is 9.64.